The molecule has 2 N–H and O–H groups in total. The molecule has 7 rings (SSSR count). The van der Waals surface area contributed by atoms with Crippen molar-refractivity contribution < 1.29 is 14.3 Å². The highest BCUT2D eigenvalue weighted by Crippen LogP contribution is 2.60. The molecule has 2 saturated carbocycles. The molecule has 3 aromatic rings. The van der Waals surface area contributed by atoms with Gasteiger partial charge in [-0.3, -0.25) is 9.69 Å². The first-order valence-corrected chi connectivity index (χ1v) is 20.7. The number of primary amides is 1. The van der Waals surface area contributed by atoms with Crippen LogP contribution in [0.25, 0.3) is 11.6 Å². The third kappa shape index (κ3) is 10.8. The second-order valence-corrected chi connectivity index (χ2v) is 16.6. The number of carbonyl (C=O) groups is 2. The standard InChI is InChI=1S/C33H36N2O2S.C9H20N2.C2H6.CH3NO/c1-22-9-14-32(34-19-22)38-26-12-13-27-28(23-7-5-4-6-8-23)15-24-10-11-25(37-3)16-29(24)30-18-33(30,21-36)20-35(2)31(27)17-26;1-8-5-6-9(11(8)4)7-10(2)3;1-2;2-1-3/h9-17,19,21,23,30H,4-8,18,20H2,1-3H3;8-9H,5-7H2,1-4H3;1-2H3;1H,(H2,2,3)/b28-15+;;;. The molecule has 4 aliphatic rings. The number of aldehydes is 1. The van der Waals surface area contributed by atoms with E-state index >= 15 is 0 Å². The monoisotopic (exact) mass is 755 g/mol. The van der Waals surface area contributed by atoms with E-state index in [2.05, 4.69) is 122 Å². The van der Waals surface area contributed by atoms with E-state index in [1.165, 1.54) is 90.6 Å². The fraction of sp³-hybridized carbons (Fsp3) is 0.533. The zero-order chi connectivity index (χ0) is 39.4. The number of ether oxygens (including phenoxy) is 1. The van der Waals surface area contributed by atoms with Crippen LogP contribution in [-0.2, 0) is 9.59 Å². The van der Waals surface area contributed by atoms with E-state index in [0.717, 1.165) is 34.8 Å². The Kier molecular flexibility index (Phi) is 16.2. The van der Waals surface area contributed by atoms with Crippen LogP contribution in [-0.4, -0.2) is 88.0 Å². The van der Waals surface area contributed by atoms with E-state index in [-0.39, 0.29) is 17.7 Å². The van der Waals surface area contributed by atoms with Crippen molar-refractivity contribution in [3.8, 4) is 5.75 Å². The molecule has 54 heavy (non-hydrogen) atoms. The second kappa shape index (κ2) is 20.3. The van der Waals surface area contributed by atoms with Crippen LogP contribution in [0.5, 0.6) is 5.75 Å². The number of hydrogen-bond acceptors (Lipinski definition) is 8. The smallest absolute Gasteiger partial charge is 0.204 e. The van der Waals surface area contributed by atoms with Crippen LogP contribution in [0.1, 0.15) is 100 Å². The van der Waals surface area contributed by atoms with Crippen molar-refractivity contribution in [2.24, 2.45) is 17.1 Å². The summed E-state index contributed by atoms with van der Waals surface area (Å²) in [6.07, 6.45) is 15.8. The van der Waals surface area contributed by atoms with Crippen LogP contribution >= 0.6 is 11.8 Å². The van der Waals surface area contributed by atoms with Crippen LogP contribution in [0.2, 0.25) is 0 Å². The molecule has 2 aromatic carbocycles. The molecular formula is C45H65N5O3S. The van der Waals surface area contributed by atoms with Crippen LogP contribution < -0.4 is 15.4 Å². The number of pyridine rings is 1. The fourth-order valence-corrected chi connectivity index (χ4v) is 9.12. The predicted octanol–water partition coefficient (Wildman–Crippen LogP) is 8.95. The molecule has 4 atom stereocenters. The largest absolute Gasteiger partial charge is 0.497 e. The summed E-state index contributed by atoms with van der Waals surface area (Å²) < 4.78 is 5.60. The van der Waals surface area contributed by atoms with Crippen molar-refractivity contribution in [1.29, 1.82) is 0 Å². The first-order chi connectivity index (χ1) is 26.0. The molecule has 294 valence electrons. The highest BCUT2D eigenvalue weighted by Gasteiger charge is 2.56. The summed E-state index contributed by atoms with van der Waals surface area (Å²) in [5.41, 5.74) is 11.4. The van der Waals surface area contributed by atoms with Crippen LogP contribution in [0.3, 0.4) is 0 Å². The summed E-state index contributed by atoms with van der Waals surface area (Å²) in [6.45, 7) is 10.3. The zero-order valence-corrected chi connectivity index (χ0v) is 35.1. The number of likely N-dealkylation sites (N-methyl/N-ethyl adjacent to an activating group) is 2. The summed E-state index contributed by atoms with van der Waals surface area (Å²) in [5, 5.41) is 0.996. The van der Waals surface area contributed by atoms with Crippen molar-refractivity contribution in [1.82, 2.24) is 14.8 Å². The fourth-order valence-electron chi connectivity index (χ4n) is 8.33. The number of nitrogens with two attached hydrogens (primary N) is 1. The van der Waals surface area contributed by atoms with E-state index in [9.17, 15) is 4.79 Å². The maximum absolute atomic E-state index is 12.6. The number of amides is 1. The van der Waals surface area contributed by atoms with Crippen LogP contribution in [0, 0.1) is 18.3 Å². The third-order valence-electron chi connectivity index (χ3n) is 11.5. The molecule has 4 unspecified atom stereocenters. The molecule has 0 bridgehead atoms. The number of aromatic nitrogens is 1. The topological polar surface area (TPSA) is 92.0 Å². The molecule has 1 amide bonds. The van der Waals surface area contributed by atoms with Gasteiger partial charge < -0.3 is 25.1 Å². The van der Waals surface area contributed by atoms with Crippen molar-refractivity contribution in [3.05, 3.63) is 77.0 Å². The summed E-state index contributed by atoms with van der Waals surface area (Å²) in [7, 11) is 10.4. The van der Waals surface area contributed by atoms with E-state index in [4.69, 9.17) is 9.53 Å². The van der Waals surface area contributed by atoms with E-state index in [1.54, 1.807) is 18.9 Å². The number of benzene rings is 2. The van der Waals surface area contributed by atoms with Crippen molar-refractivity contribution in [2.45, 2.75) is 107 Å². The minimum atomic E-state index is -0.370. The molecule has 2 aliphatic heterocycles. The number of carbonyl (C=O) groups excluding carboxylic acids is 2. The maximum Gasteiger partial charge on any atom is 0.204 e. The Bertz CT molecular complexity index is 1690. The van der Waals surface area contributed by atoms with Gasteiger partial charge in [-0.1, -0.05) is 69.1 Å². The second-order valence-electron chi connectivity index (χ2n) is 15.5. The third-order valence-corrected chi connectivity index (χ3v) is 12.4. The first-order valence-electron chi connectivity index (χ1n) is 19.9. The summed E-state index contributed by atoms with van der Waals surface area (Å²) in [5.74, 6) is 1.62. The Morgan fingerprint density at radius 2 is 1.72 bits per heavy atom. The zero-order valence-electron chi connectivity index (χ0n) is 34.3. The number of methoxy groups -OCH3 is 1. The maximum atomic E-state index is 12.6. The minimum Gasteiger partial charge on any atom is -0.497 e. The van der Waals surface area contributed by atoms with Crippen molar-refractivity contribution in [2.75, 3.05) is 53.3 Å². The molecule has 9 heteroatoms. The van der Waals surface area contributed by atoms with Gasteiger partial charge in [-0.15, -0.1) is 0 Å². The van der Waals surface area contributed by atoms with Gasteiger partial charge in [0.1, 0.15) is 17.1 Å². The average Bonchev–Trinajstić information content (AvgIpc) is 3.82. The molecule has 0 spiro atoms. The Hall–Kier alpha value is -3.66. The van der Waals surface area contributed by atoms with E-state index in [1.807, 2.05) is 20.0 Å². The number of fused-ring (bicyclic) bond motifs is 4. The van der Waals surface area contributed by atoms with Gasteiger partial charge in [-0.05, 0) is 132 Å². The van der Waals surface area contributed by atoms with Gasteiger partial charge in [0.25, 0.3) is 0 Å². The van der Waals surface area contributed by atoms with Gasteiger partial charge in [0.2, 0.25) is 6.41 Å². The lowest BCUT2D eigenvalue weighted by molar-refractivity contribution is -0.112. The SMILES string of the molecule is CC.CC1CCC(CN(C)C)N1C.COc1ccc2c(c1)C1CC1(C=O)CN(C)c1cc(Sc3ccc(C)cn3)ccc1/C(C1CCCCC1)=C/2.NC=O. The predicted molar refractivity (Wildman–Crippen MR) is 227 cm³/mol. The Balaban J connectivity index is 0.000000342. The summed E-state index contributed by atoms with van der Waals surface area (Å²) in [4.78, 5) is 34.1. The van der Waals surface area contributed by atoms with Gasteiger partial charge >= 0.3 is 0 Å². The molecule has 8 nitrogen and oxygen atoms in total. The Morgan fingerprint density at radius 1 is 1.00 bits per heavy atom. The minimum absolute atomic E-state index is 0.215. The van der Waals surface area contributed by atoms with Crippen LogP contribution in [0.15, 0.2) is 64.6 Å². The number of likely N-dealkylation sites (tertiary alicyclic amines) is 1. The molecule has 1 saturated heterocycles. The number of aryl methyl sites for hydroxylation is 1. The number of hydrogen-bond donors (Lipinski definition) is 1. The van der Waals surface area contributed by atoms with Crippen molar-refractivity contribution in [3.63, 3.8) is 0 Å². The quantitative estimate of drug-likeness (QED) is 0.239. The number of nitrogens with zero attached hydrogens (tertiary/aromatic N) is 4. The Morgan fingerprint density at radius 3 is 2.31 bits per heavy atom. The van der Waals surface area contributed by atoms with Crippen LogP contribution in [0.4, 0.5) is 5.69 Å². The number of allylic oxidation sites excluding steroid dienone is 1. The molecule has 0 radical (unpaired) electrons. The summed E-state index contributed by atoms with van der Waals surface area (Å²) in [6, 6.07) is 19.1. The molecule has 3 heterocycles. The highest BCUT2D eigenvalue weighted by atomic mass is 32.2. The molecule has 3 fully saturated rings. The van der Waals surface area contributed by atoms with E-state index in [0.29, 0.717) is 12.5 Å². The lowest BCUT2D eigenvalue weighted by Crippen LogP contribution is -2.37. The highest BCUT2D eigenvalue weighted by molar-refractivity contribution is 7.99. The van der Waals surface area contributed by atoms with Gasteiger partial charge in [-0.25, -0.2) is 4.98 Å². The number of rotatable bonds is 7. The lowest BCUT2D eigenvalue weighted by Gasteiger charge is -2.32. The van der Waals surface area contributed by atoms with Gasteiger partial charge in [0, 0.05) is 54.6 Å². The van der Waals surface area contributed by atoms with Gasteiger partial charge in [0.15, 0.2) is 0 Å². The molecular weight excluding hydrogens is 691 g/mol. The van der Waals surface area contributed by atoms with E-state index < -0.39 is 0 Å². The first kappa shape index (κ1) is 43.1. The lowest BCUT2D eigenvalue weighted by atomic mass is 9.79. The number of anilines is 1. The normalized spacial score (nSPS) is 24.3. The van der Waals surface area contributed by atoms with Crippen molar-refractivity contribution >= 4 is 41.8 Å². The average molecular weight is 756 g/mol. The molecule has 2 aliphatic carbocycles. The summed E-state index contributed by atoms with van der Waals surface area (Å²) >= 11 is 1.70. The molecule has 1 aromatic heterocycles. The Labute approximate surface area is 329 Å². The van der Waals surface area contributed by atoms with Gasteiger partial charge in [0.05, 0.1) is 12.5 Å². The van der Waals surface area contributed by atoms with Gasteiger partial charge in [-0.2, -0.15) is 0 Å².